The Morgan fingerprint density at radius 3 is 2.37 bits per heavy atom. The fourth-order valence-corrected chi connectivity index (χ4v) is 4.48. The Hall–Kier alpha value is -3.48. The summed E-state index contributed by atoms with van der Waals surface area (Å²) >= 11 is 6.00. The highest BCUT2D eigenvalue weighted by molar-refractivity contribution is 6.30. The van der Waals surface area contributed by atoms with Gasteiger partial charge in [-0.1, -0.05) is 41.4 Å². The monoisotopic (exact) mass is 486 g/mol. The van der Waals surface area contributed by atoms with Gasteiger partial charge in [0.25, 0.3) is 5.91 Å². The van der Waals surface area contributed by atoms with E-state index in [0.29, 0.717) is 23.9 Å². The van der Waals surface area contributed by atoms with Gasteiger partial charge in [-0.15, -0.1) is 10.2 Å². The molecule has 1 amide bonds. The molecule has 1 saturated heterocycles. The fourth-order valence-electron chi connectivity index (χ4n) is 4.35. The third-order valence-electron chi connectivity index (χ3n) is 6.26. The maximum Gasteiger partial charge on any atom is 0.253 e. The van der Waals surface area contributed by atoms with Crippen molar-refractivity contribution in [1.82, 2.24) is 20.0 Å². The number of aromatic nitrogens is 2. The second-order valence-corrected chi connectivity index (χ2v) is 9.34. The van der Waals surface area contributed by atoms with Crippen molar-refractivity contribution < 1.29 is 9.21 Å². The first-order valence-electron chi connectivity index (χ1n) is 11.8. The maximum atomic E-state index is 13.2. The van der Waals surface area contributed by atoms with E-state index < -0.39 is 0 Å². The minimum atomic E-state index is 0.0517. The predicted molar refractivity (Wildman–Crippen MR) is 137 cm³/mol. The van der Waals surface area contributed by atoms with Crippen LogP contribution in [-0.4, -0.2) is 52.1 Å². The molecule has 178 valence electrons. The zero-order chi connectivity index (χ0) is 24.2. The van der Waals surface area contributed by atoms with Gasteiger partial charge in [0.2, 0.25) is 11.8 Å². The summed E-state index contributed by atoms with van der Waals surface area (Å²) < 4.78 is 5.88. The topological polar surface area (TPSA) is 62.5 Å². The van der Waals surface area contributed by atoms with E-state index in [4.69, 9.17) is 16.0 Å². The van der Waals surface area contributed by atoms with Gasteiger partial charge in [0.1, 0.15) is 0 Å². The van der Waals surface area contributed by atoms with Crippen molar-refractivity contribution in [3.8, 4) is 22.9 Å². The van der Waals surface area contributed by atoms with E-state index in [1.807, 2.05) is 72.5 Å². The normalized spacial score (nSPS) is 14.6. The van der Waals surface area contributed by atoms with E-state index >= 15 is 0 Å². The van der Waals surface area contributed by atoms with Crippen LogP contribution < -0.4 is 0 Å². The van der Waals surface area contributed by atoms with Crippen LogP contribution in [-0.2, 0) is 6.54 Å². The summed E-state index contributed by atoms with van der Waals surface area (Å²) in [6.45, 7) is 6.15. The van der Waals surface area contributed by atoms with Crippen LogP contribution in [0, 0.1) is 6.92 Å². The average Bonchev–Trinajstić information content (AvgIpc) is 3.26. The van der Waals surface area contributed by atoms with Crippen molar-refractivity contribution in [2.45, 2.75) is 19.9 Å². The van der Waals surface area contributed by atoms with Gasteiger partial charge in [-0.3, -0.25) is 9.69 Å². The minimum absolute atomic E-state index is 0.0517. The molecule has 6 nitrogen and oxygen atoms in total. The molecule has 0 aliphatic carbocycles. The summed E-state index contributed by atoms with van der Waals surface area (Å²) in [4.78, 5) is 17.5. The molecule has 1 fully saturated rings. The number of halogens is 1. The molecule has 0 unspecified atom stereocenters. The largest absolute Gasteiger partial charge is 0.416 e. The van der Waals surface area contributed by atoms with Gasteiger partial charge in [-0.25, -0.2) is 0 Å². The molecule has 0 N–H and O–H groups in total. The zero-order valence-electron chi connectivity index (χ0n) is 19.7. The quantitative estimate of drug-likeness (QED) is 0.361. The van der Waals surface area contributed by atoms with Gasteiger partial charge in [0, 0.05) is 54.4 Å². The molecule has 0 saturated carbocycles. The molecular formula is C28H27ClN4O2. The molecule has 0 radical (unpaired) electrons. The summed E-state index contributed by atoms with van der Waals surface area (Å²) in [6.07, 6.45) is 0.946. The Bertz CT molecular complexity index is 1300. The lowest BCUT2D eigenvalue weighted by Gasteiger charge is -2.22. The first-order valence-corrected chi connectivity index (χ1v) is 12.2. The van der Waals surface area contributed by atoms with Crippen molar-refractivity contribution in [2.75, 3.05) is 26.2 Å². The second kappa shape index (κ2) is 10.4. The van der Waals surface area contributed by atoms with Gasteiger partial charge in [-0.2, -0.15) is 0 Å². The van der Waals surface area contributed by atoms with Crippen molar-refractivity contribution in [2.24, 2.45) is 0 Å². The maximum absolute atomic E-state index is 13.2. The molecule has 1 aromatic heterocycles. The Kier molecular flexibility index (Phi) is 6.93. The number of benzene rings is 3. The van der Waals surface area contributed by atoms with Crippen molar-refractivity contribution in [1.29, 1.82) is 0 Å². The van der Waals surface area contributed by atoms with Crippen LogP contribution in [0.1, 0.15) is 27.9 Å². The second-order valence-electron chi connectivity index (χ2n) is 8.91. The zero-order valence-corrected chi connectivity index (χ0v) is 20.4. The SMILES string of the molecule is Cc1cccc(-c2nnc(-c3ccc(C(=O)N4CCCN(Cc5ccc(Cl)cc5)CC4)cc3)o2)c1. The lowest BCUT2D eigenvalue weighted by molar-refractivity contribution is 0.0761. The van der Waals surface area contributed by atoms with E-state index in [-0.39, 0.29) is 5.91 Å². The van der Waals surface area contributed by atoms with Crippen LogP contribution in [0.25, 0.3) is 22.9 Å². The highest BCUT2D eigenvalue weighted by Crippen LogP contribution is 2.25. The van der Waals surface area contributed by atoms with Crippen LogP contribution in [0.5, 0.6) is 0 Å². The summed E-state index contributed by atoms with van der Waals surface area (Å²) in [5.74, 6) is 0.973. The first kappa shape index (κ1) is 23.3. The molecule has 3 aromatic carbocycles. The van der Waals surface area contributed by atoms with Crippen LogP contribution in [0.2, 0.25) is 5.02 Å². The number of nitrogens with zero attached hydrogens (tertiary/aromatic N) is 4. The van der Waals surface area contributed by atoms with Crippen LogP contribution in [0.4, 0.5) is 0 Å². The Morgan fingerprint density at radius 1 is 0.886 bits per heavy atom. The third kappa shape index (κ3) is 5.61. The molecule has 5 rings (SSSR count). The van der Waals surface area contributed by atoms with Crippen molar-refractivity contribution in [3.63, 3.8) is 0 Å². The van der Waals surface area contributed by atoms with E-state index in [0.717, 1.165) is 54.3 Å². The molecule has 1 aliphatic rings. The number of amides is 1. The molecule has 2 heterocycles. The average molecular weight is 487 g/mol. The molecule has 0 spiro atoms. The highest BCUT2D eigenvalue weighted by Gasteiger charge is 2.21. The van der Waals surface area contributed by atoms with E-state index in [1.165, 1.54) is 5.56 Å². The van der Waals surface area contributed by atoms with Crippen molar-refractivity contribution in [3.05, 3.63) is 94.5 Å². The third-order valence-corrected chi connectivity index (χ3v) is 6.52. The highest BCUT2D eigenvalue weighted by atomic mass is 35.5. The molecule has 35 heavy (non-hydrogen) atoms. The number of carbonyl (C=O) groups is 1. The lowest BCUT2D eigenvalue weighted by Crippen LogP contribution is -2.35. The van der Waals surface area contributed by atoms with Gasteiger partial charge in [0.05, 0.1) is 0 Å². The van der Waals surface area contributed by atoms with Gasteiger partial charge in [0.15, 0.2) is 0 Å². The fraction of sp³-hybridized carbons (Fsp3) is 0.250. The Labute approximate surface area is 210 Å². The number of hydrogen-bond acceptors (Lipinski definition) is 5. The van der Waals surface area contributed by atoms with Gasteiger partial charge >= 0.3 is 0 Å². The van der Waals surface area contributed by atoms with E-state index in [9.17, 15) is 4.79 Å². The molecule has 0 bridgehead atoms. The number of carbonyl (C=O) groups excluding carboxylic acids is 1. The minimum Gasteiger partial charge on any atom is -0.416 e. The molecule has 4 aromatic rings. The summed E-state index contributed by atoms with van der Waals surface area (Å²) in [5.41, 5.74) is 4.71. The summed E-state index contributed by atoms with van der Waals surface area (Å²) in [7, 11) is 0. The molecule has 0 atom stereocenters. The van der Waals surface area contributed by atoms with Crippen LogP contribution in [0.15, 0.2) is 77.2 Å². The standard InChI is InChI=1S/C28H27ClN4O2/c1-20-4-2-5-24(18-20)27-31-30-26(35-27)22-8-10-23(11-9-22)28(34)33-15-3-14-32(16-17-33)19-21-6-12-25(29)13-7-21/h2,4-13,18H,3,14-17,19H2,1H3. The predicted octanol–water partition coefficient (Wildman–Crippen LogP) is 5.71. The van der Waals surface area contributed by atoms with Gasteiger partial charge < -0.3 is 9.32 Å². The number of hydrogen-bond donors (Lipinski definition) is 0. The smallest absolute Gasteiger partial charge is 0.253 e. The number of rotatable bonds is 5. The Balaban J connectivity index is 1.22. The molecule has 7 heteroatoms. The lowest BCUT2D eigenvalue weighted by atomic mass is 10.1. The summed E-state index contributed by atoms with van der Waals surface area (Å²) in [6, 6.07) is 23.3. The van der Waals surface area contributed by atoms with E-state index in [2.05, 4.69) is 27.2 Å². The van der Waals surface area contributed by atoms with E-state index in [1.54, 1.807) is 0 Å². The van der Waals surface area contributed by atoms with Gasteiger partial charge in [-0.05, 0) is 67.4 Å². The van der Waals surface area contributed by atoms with Crippen LogP contribution in [0.3, 0.4) is 0 Å². The molecule has 1 aliphatic heterocycles. The Morgan fingerprint density at radius 2 is 1.63 bits per heavy atom. The molecular weight excluding hydrogens is 460 g/mol. The summed E-state index contributed by atoms with van der Waals surface area (Å²) in [5, 5.41) is 9.12. The van der Waals surface area contributed by atoms with Crippen molar-refractivity contribution >= 4 is 17.5 Å². The number of aryl methyl sites for hydroxylation is 1. The van der Waals surface area contributed by atoms with Crippen LogP contribution >= 0.6 is 11.6 Å². The first-order chi connectivity index (χ1) is 17.0.